The van der Waals surface area contributed by atoms with Gasteiger partial charge in [-0.2, -0.15) is 0 Å². The van der Waals surface area contributed by atoms with E-state index in [-0.39, 0.29) is 55.1 Å². The first-order valence-electron chi connectivity index (χ1n) is 23.1. The maximum Gasteiger partial charge on any atom is 0.331 e. The minimum absolute atomic E-state index is 0.0801. The SMILES string of the molecule is CNC(Cc1ccccc1CO)C1CC2CC3(O)C4(CCCC15OC(=O)C=C5C24)CCC1C2(C=O)CCC(O)C4CCC(C(C)C5CCCC5)CC(C(O)C13O)C42O. The number of ether oxygens (including phenoxy) is 1. The maximum atomic E-state index is 14.1. The van der Waals surface area contributed by atoms with E-state index < -0.39 is 63.2 Å². The van der Waals surface area contributed by atoms with Gasteiger partial charge in [-0.25, -0.2) is 4.79 Å². The number of carbonyl (C=O) groups is 2. The number of likely N-dealkylation sites (N-methyl/N-ethyl adjacent to an activating group) is 1. The number of carbonyl (C=O) groups excluding carboxylic acids is 2. The number of aliphatic hydroxyl groups is 6. The van der Waals surface area contributed by atoms with Crippen LogP contribution in [0.25, 0.3) is 0 Å². The van der Waals surface area contributed by atoms with Crippen LogP contribution in [0.5, 0.6) is 0 Å². The Balaban J connectivity index is 1.09. The standard InChI is InChI=1S/C48H67NO9/c1-27(28-8-3-4-9-28)29-12-13-33-38(52)14-18-44(26-51)39-15-19-43-16-7-17-45-34(37(49-2)22-30-10-5-6-11-31(30)25-50)21-32(41(43)35(45)23-40(53)58-45)24-46(43,55)48(39,57)42(54)36(20-29)47(33,44)56/h5-6,10-11,23,26-29,32-34,36-39,41-42,49-50,52,54-57H,3-4,7-9,12-22,24-25H2,1-2H3. The molecule has 10 heteroatoms. The third kappa shape index (κ3) is 4.80. The molecule has 1 aromatic rings. The van der Waals surface area contributed by atoms with Crippen molar-refractivity contribution in [3.05, 3.63) is 47.0 Å². The van der Waals surface area contributed by atoms with E-state index >= 15 is 0 Å². The van der Waals surface area contributed by atoms with Crippen molar-refractivity contribution in [1.29, 1.82) is 0 Å². The Morgan fingerprint density at radius 1 is 0.879 bits per heavy atom. The Morgan fingerprint density at radius 2 is 1.64 bits per heavy atom. The third-order valence-corrected chi connectivity index (χ3v) is 20.0. The summed E-state index contributed by atoms with van der Waals surface area (Å²) in [4.78, 5) is 27.7. The van der Waals surface area contributed by atoms with Crippen molar-refractivity contribution in [2.45, 2.75) is 163 Å². The molecule has 0 radical (unpaired) electrons. The average Bonchev–Trinajstić information content (AvgIpc) is 3.89. The van der Waals surface area contributed by atoms with Gasteiger partial charge in [0.2, 0.25) is 0 Å². The first-order chi connectivity index (χ1) is 27.8. The molecule has 0 amide bonds. The average molecular weight is 802 g/mol. The Labute approximate surface area is 343 Å². The van der Waals surface area contributed by atoms with E-state index in [1.54, 1.807) is 6.08 Å². The maximum absolute atomic E-state index is 14.1. The van der Waals surface area contributed by atoms with Crippen molar-refractivity contribution in [1.82, 2.24) is 5.32 Å². The quantitative estimate of drug-likeness (QED) is 0.146. The van der Waals surface area contributed by atoms with Gasteiger partial charge in [-0.3, -0.25) is 0 Å². The van der Waals surface area contributed by atoms with E-state index in [0.29, 0.717) is 76.0 Å². The Bertz CT molecular complexity index is 1850. The van der Waals surface area contributed by atoms with Gasteiger partial charge in [-0.15, -0.1) is 0 Å². The van der Waals surface area contributed by atoms with Crippen molar-refractivity contribution in [2.24, 2.45) is 64.1 Å². The van der Waals surface area contributed by atoms with Crippen LogP contribution < -0.4 is 5.32 Å². The van der Waals surface area contributed by atoms with Crippen molar-refractivity contribution in [2.75, 3.05) is 7.05 Å². The highest BCUT2D eigenvalue weighted by molar-refractivity contribution is 5.87. The van der Waals surface area contributed by atoms with E-state index in [2.05, 4.69) is 12.2 Å². The number of nitrogens with one attached hydrogen (secondary N) is 1. The molecule has 1 aromatic carbocycles. The van der Waals surface area contributed by atoms with Gasteiger partial charge in [0.25, 0.3) is 0 Å². The van der Waals surface area contributed by atoms with E-state index in [4.69, 9.17) is 4.74 Å². The molecule has 1 spiro atoms. The van der Waals surface area contributed by atoms with Crippen LogP contribution in [0.3, 0.4) is 0 Å². The molecule has 318 valence electrons. The number of benzene rings is 1. The van der Waals surface area contributed by atoms with E-state index in [1.807, 2.05) is 31.3 Å². The number of esters is 1. The lowest BCUT2D eigenvalue weighted by molar-refractivity contribution is -0.375. The number of aliphatic hydroxyl groups excluding tert-OH is 3. The molecule has 10 rings (SSSR count). The molecule has 17 atom stereocenters. The molecule has 8 fully saturated rings. The van der Waals surface area contributed by atoms with Crippen LogP contribution in [0.4, 0.5) is 0 Å². The first-order valence-corrected chi connectivity index (χ1v) is 23.1. The highest BCUT2D eigenvalue weighted by Gasteiger charge is 2.86. The monoisotopic (exact) mass is 801 g/mol. The van der Waals surface area contributed by atoms with Gasteiger partial charge in [0.15, 0.2) is 0 Å². The second-order valence-electron chi connectivity index (χ2n) is 21.2. The molecule has 1 aliphatic heterocycles. The van der Waals surface area contributed by atoms with Crippen LogP contribution in [0, 0.1) is 64.1 Å². The summed E-state index contributed by atoms with van der Waals surface area (Å²) in [5.41, 5.74) is -6.11. The highest BCUT2D eigenvalue weighted by atomic mass is 16.6. The summed E-state index contributed by atoms with van der Waals surface area (Å²) in [6.45, 7) is 2.22. The zero-order chi connectivity index (χ0) is 40.6. The van der Waals surface area contributed by atoms with Crippen LogP contribution in [-0.2, 0) is 27.4 Å². The molecule has 1 heterocycles. The van der Waals surface area contributed by atoms with Gasteiger partial charge in [-0.05, 0) is 137 Å². The first kappa shape index (κ1) is 39.9. The minimum Gasteiger partial charge on any atom is -0.451 e. The van der Waals surface area contributed by atoms with Crippen molar-refractivity contribution >= 4 is 12.3 Å². The molecule has 58 heavy (non-hydrogen) atoms. The lowest BCUT2D eigenvalue weighted by atomic mass is 9.35. The molecule has 8 aliphatic carbocycles. The fourth-order valence-corrected chi connectivity index (χ4v) is 17.6. The summed E-state index contributed by atoms with van der Waals surface area (Å²) in [5.74, 6) is -2.38. The molecule has 8 saturated carbocycles. The molecular weight excluding hydrogens is 735 g/mol. The number of hydrogen-bond donors (Lipinski definition) is 7. The zero-order valence-electron chi connectivity index (χ0n) is 34.5. The van der Waals surface area contributed by atoms with E-state index in [0.717, 1.165) is 42.2 Å². The summed E-state index contributed by atoms with van der Waals surface area (Å²) < 4.78 is 6.53. The summed E-state index contributed by atoms with van der Waals surface area (Å²) in [7, 11) is 1.93. The molecular formula is C48H67NO9. The smallest absolute Gasteiger partial charge is 0.331 e. The van der Waals surface area contributed by atoms with Crippen molar-refractivity contribution in [3.63, 3.8) is 0 Å². The largest absolute Gasteiger partial charge is 0.451 e. The van der Waals surface area contributed by atoms with Gasteiger partial charge in [0, 0.05) is 41.2 Å². The van der Waals surface area contributed by atoms with Crippen LogP contribution in [0.1, 0.15) is 121 Å². The molecule has 10 nitrogen and oxygen atoms in total. The number of hydrogen-bond acceptors (Lipinski definition) is 10. The Morgan fingerprint density at radius 3 is 2.36 bits per heavy atom. The van der Waals surface area contributed by atoms with Crippen LogP contribution in [0.2, 0.25) is 0 Å². The molecule has 9 aliphatic rings. The highest BCUT2D eigenvalue weighted by Crippen LogP contribution is 2.79. The molecule has 2 bridgehead atoms. The van der Waals surface area contributed by atoms with E-state index in [9.17, 15) is 40.2 Å². The van der Waals surface area contributed by atoms with Gasteiger partial charge in [-0.1, -0.05) is 56.9 Å². The predicted molar refractivity (Wildman–Crippen MR) is 215 cm³/mol. The minimum atomic E-state index is -2.12. The van der Waals surface area contributed by atoms with Crippen LogP contribution in [0.15, 0.2) is 35.9 Å². The molecule has 17 unspecified atom stereocenters. The van der Waals surface area contributed by atoms with Gasteiger partial charge in [0.05, 0.1) is 29.8 Å². The number of fused-ring (bicyclic) bond motifs is 3. The second kappa shape index (κ2) is 13.7. The van der Waals surface area contributed by atoms with Crippen LogP contribution >= 0.6 is 0 Å². The van der Waals surface area contributed by atoms with Gasteiger partial charge >= 0.3 is 5.97 Å². The van der Waals surface area contributed by atoms with Crippen LogP contribution in [-0.4, -0.2) is 90.6 Å². The van der Waals surface area contributed by atoms with Gasteiger partial charge < -0.3 is 45.5 Å². The summed E-state index contributed by atoms with van der Waals surface area (Å²) >= 11 is 0. The van der Waals surface area contributed by atoms with E-state index in [1.165, 1.54) is 12.8 Å². The molecule has 0 aromatic heterocycles. The fraction of sp³-hybridized carbons (Fsp3) is 0.792. The van der Waals surface area contributed by atoms with Gasteiger partial charge in [0.1, 0.15) is 23.1 Å². The van der Waals surface area contributed by atoms with Crippen molar-refractivity contribution in [3.8, 4) is 0 Å². The molecule has 7 N–H and O–H groups in total. The predicted octanol–water partition coefficient (Wildman–Crippen LogP) is 4.53. The Hall–Kier alpha value is -2.18. The Kier molecular flexibility index (Phi) is 9.40. The summed E-state index contributed by atoms with van der Waals surface area (Å²) in [6.07, 6.45) is 11.3. The third-order valence-electron chi connectivity index (χ3n) is 20.0. The summed E-state index contributed by atoms with van der Waals surface area (Å²) in [6, 6.07) is 7.74. The topological polar surface area (TPSA) is 177 Å². The normalized spacial score (nSPS) is 50.2. The van der Waals surface area contributed by atoms with Crippen molar-refractivity contribution < 1.29 is 45.0 Å². The molecule has 0 saturated heterocycles. The fourth-order valence-electron chi connectivity index (χ4n) is 17.6. The lowest BCUT2D eigenvalue weighted by Crippen LogP contribution is -2.85. The number of aldehydes is 1. The lowest BCUT2D eigenvalue weighted by Gasteiger charge is -2.73. The summed E-state index contributed by atoms with van der Waals surface area (Å²) in [5, 5.41) is 80.2. The number of rotatable bonds is 8. The zero-order valence-corrected chi connectivity index (χ0v) is 34.5. The second-order valence-corrected chi connectivity index (χ2v) is 21.2.